The first-order valence-corrected chi connectivity index (χ1v) is 2.70. The summed E-state index contributed by atoms with van der Waals surface area (Å²) in [6.07, 6.45) is 1.99. The Hall–Kier alpha value is -1.61. The van der Waals surface area contributed by atoms with Crippen LogP contribution < -0.4 is 0 Å². The second-order valence-electron chi connectivity index (χ2n) is 1.60. The van der Waals surface area contributed by atoms with Crippen LogP contribution in [0.15, 0.2) is 11.6 Å². The van der Waals surface area contributed by atoms with Crippen LogP contribution in [0, 0.1) is 28.6 Å². The number of carbonyl (C=O) groups is 1. The van der Waals surface area contributed by atoms with Crippen LogP contribution in [-0.2, 0) is 4.79 Å². The van der Waals surface area contributed by atoms with Crippen molar-refractivity contribution < 1.29 is 4.79 Å². The van der Waals surface area contributed by atoms with Gasteiger partial charge in [0.15, 0.2) is 5.92 Å². The monoisotopic (exact) mass is 134 g/mol. The molecule has 0 radical (unpaired) electrons. The molecule has 0 N–H and O–H groups in total. The van der Waals surface area contributed by atoms with E-state index in [0.717, 1.165) is 0 Å². The van der Waals surface area contributed by atoms with Gasteiger partial charge in [0, 0.05) is 5.57 Å². The van der Waals surface area contributed by atoms with E-state index in [0.29, 0.717) is 6.29 Å². The molecule has 0 atom stereocenters. The van der Waals surface area contributed by atoms with Gasteiger partial charge in [-0.2, -0.15) is 10.5 Å². The van der Waals surface area contributed by atoms with E-state index in [1.807, 2.05) is 0 Å². The Balaban J connectivity index is 4.49. The molecular weight excluding hydrogens is 128 g/mol. The van der Waals surface area contributed by atoms with E-state index in [1.54, 1.807) is 19.1 Å². The van der Waals surface area contributed by atoms with Gasteiger partial charge in [-0.05, 0) is 6.92 Å². The van der Waals surface area contributed by atoms with E-state index in [-0.39, 0.29) is 5.57 Å². The summed E-state index contributed by atoms with van der Waals surface area (Å²) in [5, 5.41) is 16.6. The Labute approximate surface area is 59.2 Å². The maximum Gasteiger partial charge on any atom is 0.161 e. The van der Waals surface area contributed by atoms with Gasteiger partial charge in [-0.25, -0.2) is 0 Å². The van der Waals surface area contributed by atoms with Gasteiger partial charge in [0.1, 0.15) is 6.29 Å². The quantitative estimate of drug-likeness (QED) is 0.414. The van der Waals surface area contributed by atoms with E-state index < -0.39 is 5.92 Å². The number of allylic oxidation sites excluding steroid dienone is 2. The second kappa shape index (κ2) is 4.29. The molecule has 0 amide bonds. The Kier molecular flexibility index (Phi) is 3.60. The van der Waals surface area contributed by atoms with Crippen molar-refractivity contribution in [2.24, 2.45) is 5.92 Å². The molecule has 0 saturated heterocycles. The molecule has 0 aliphatic rings. The molecule has 0 aliphatic heterocycles. The van der Waals surface area contributed by atoms with E-state index in [2.05, 4.69) is 0 Å². The van der Waals surface area contributed by atoms with Gasteiger partial charge >= 0.3 is 0 Å². The molecule has 3 nitrogen and oxygen atoms in total. The Morgan fingerprint density at radius 2 is 2.00 bits per heavy atom. The van der Waals surface area contributed by atoms with Gasteiger partial charge in [0.05, 0.1) is 12.1 Å². The van der Waals surface area contributed by atoms with Crippen molar-refractivity contribution in [1.29, 1.82) is 10.5 Å². The normalized spacial score (nSPS) is 10.2. The van der Waals surface area contributed by atoms with Crippen LogP contribution in [0.2, 0.25) is 0 Å². The molecule has 50 valence electrons. The predicted molar refractivity (Wildman–Crippen MR) is 34.5 cm³/mol. The highest BCUT2D eigenvalue weighted by molar-refractivity contribution is 5.75. The minimum absolute atomic E-state index is 0.227. The fraction of sp³-hybridized carbons (Fsp3) is 0.286. The third kappa shape index (κ3) is 1.72. The first-order valence-electron chi connectivity index (χ1n) is 2.70. The summed E-state index contributed by atoms with van der Waals surface area (Å²) in [6, 6.07) is 3.39. The Morgan fingerprint density at radius 3 is 2.10 bits per heavy atom. The van der Waals surface area contributed by atoms with Crippen molar-refractivity contribution in [3.63, 3.8) is 0 Å². The Bertz CT molecular complexity index is 215. The number of nitrogens with zero attached hydrogens (tertiary/aromatic N) is 2. The zero-order valence-electron chi connectivity index (χ0n) is 5.53. The van der Waals surface area contributed by atoms with Crippen molar-refractivity contribution in [3.05, 3.63) is 11.6 Å². The number of hydrogen-bond donors (Lipinski definition) is 0. The highest BCUT2D eigenvalue weighted by Gasteiger charge is 2.09. The van der Waals surface area contributed by atoms with Crippen molar-refractivity contribution in [3.8, 4) is 12.1 Å². The van der Waals surface area contributed by atoms with Gasteiger partial charge in [-0.15, -0.1) is 0 Å². The molecule has 0 bridgehead atoms. The smallest absolute Gasteiger partial charge is 0.161 e. The first kappa shape index (κ1) is 8.39. The maximum absolute atomic E-state index is 10.1. The lowest BCUT2D eigenvalue weighted by atomic mass is 10.0. The van der Waals surface area contributed by atoms with Crippen molar-refractivity contribution in [2.75, 3.05) is 0 Å². The topological polar surface area (TPSA) is 64.7 Å². The van der Waals surface area contributed by atoms with Crippen LogP contribution >= 0.6 is 0 Å². The van der Waals surface area contributed by atoms with E-state index in [1.165, 1.54) is 6.08 Å². The lowest BCUT2D eigenvalue weighted by Gasteiger charge is -1.93. The standard InChI is InChI=1S/C7H6N2O/c1-2-6(5-10)7(3-8)4-9/h2,5,7H,1H3/b6-2+. The fourth-order valence-corrected chi connectivity index (χ4v) is 0.481. The molecule has 0 rings (SSSR count). The average molecular weight is 134 g/mol. The van der Waals surface area contributed by atoms with Crippen LogP contribution in [0.4, 0.5) is 0 Å². The molecule has 3 heteroatoms. The van der Waals surface area contributed by atoms with Crippen LogP contribution in [0.25, 0.3) is 0 Å². The SMILES string of the molecule is C/C=C(\C=O)C(C#N)C#N. The van der Waals surface area contributed by atoms with Crippen LogP contribution in [0.1, 0.15) is 6.92 Å². The number of nitriles is 2. The second-order valence-corrected chi connectivity index (χ2v) is 1.60. The van der Waals surface area contributed by atoms with E-state index >= 15 is 0 Å². The summed E-state index contributed by atoms with van der Waals surface area (Å²) in [4.78, 5) is 10.1. The fourth-order valence-electron chi connectivity index (χ4n) is 0.481. The van der Waals surface area contributed by atoms with Gasteiger partial charge in [0.25, 0.3) is 0 Å². The minimum Gasteiger partial charge on any atom is -0.298 e. The van der Waals surface area contributed by atoms with Gasteiger partial charge in [-0.3, -0.25) is 4.79 Å². The highest BCUT2D eigenvalue weighted by atomic mass is 16.1. The van der Waals surface area contributed by atoms with Gasteiger partial charge in [0.2, 0.25) is 0 Å². The summed E-state index contributed by atoms with van der Waals surface area (Å²) in [7, 11) is 0. The lowest BCUT2D eigenvalue weighted by molar-refractivity contribution is -0.105. The summed E-state index contributed by atoms with van der Waals surface area (Å²) >= 11 is 0. The largest absolute Gasteiger partial charge is 0.298 e. The third-order valence-electron chi connectivity index (χ3n) is 1.06. The number of rotatable bonds is 2. The summed E-state index contributed by atoms with van der Waals surface area (Å²) in [6.45, 7) is 1.62. The minimum atomic E-state index is -0.914. The zero-order chi connectivity index (χ0) is 7.98. The zero-order valence-corrected chi connectivity index (χ0v) is 5.53. The van der Waals surface area contributed by atoms with Gasteiger partial charge < -0.3 is 0 Å². The van der Waals surface area contributed by atoms with Crippen molar-refractivity contribution in [2.45, 2.75) is 6.92 Å². The molecule has 0 fully saturated rings. The molecule has 0 saturated carbocycles. The predicted octanol–water partition coefficient (Wildman–Crippen LogP) is 0.795. The van der Waals surface area contributed by atoms with Crippen LogP contribution in [0.5, 0.6) is 0 Å². The van der Waals surface area contributed by atoms with E-state index in [4.69, 9.17) is 10.5 Å². The summed E-state index contributed by atoms with van der Waals surface area (Å²) in [5.41, 5.74) is 0.227. The molecule has 0 unspecified atom stereocenters. The summed E-state index contributed by atoms with van der Waals surface area (Å²) < 4.78 is 0. The van der Waals surface area contributed by atoms with Crippen molar-refractivity contribution >= 4 is 6.29 Å². The molecule has 0 aliphatic carbocycles. The highest BCUT2D eigenvalue weighted by Crippen LogP contribution is 2.04. The van der Waals surface area contributed by atoms with Crippen LogP contribution in [0.3, 0.4) is 0 Å². The molecule has 0 spiro atoms. The molecule has 0 aromatic heterocycles. The lowest BCUT2D eigenvalue weighted by Crippen LogP contribution is -1.98. The third-order valence-corrected chi connectivity index (χ3v) is 1.06. The Morgan fingerprint density at radius 1 is 1.50 bits per heavy atom. The molecule has 0 heterocycles. The molecular formula is C7H6N2O. The first-order chi connectivity index (χ1) is 4.79. The van der Waals surface area contributed by atoms with E-state index in [9.17, 15) is 4.79 Å². The van der Waals surface area contributed by atoms with Crippen LogP contribution in [-0.4, -0.2) is 6.29 Å². The average Bonchev–Trinajstić information content (AvgIpc) is 2.00. The maximum atomic E-state index is 10.1. The number of aldehydes is 1. The molecule has 0 aromatic carbocycles. The van der Waals surface area contributed by atoms with Crippen molar-refractivity contribution in [1.82, 2.24) is 0 Å². The molecule has 0 aromatic rings. The number of hydrogen-bond acceptors (Lipinski definition) is 3. The summed E-state index contributed by atoms with van der Waals surface area (Å²) in [5.74, 6) is -0.914. The molecule has 10 heavy (non-hydrogen) atoms. The van der Waals surface area contributed by atoms with Gasteiger partial charge in [-0.1, -0.05) is 6.08 Å². The number of carbonyl (C=O) groups excluding carboxylic acids is 1.